The van der Waals surface area contributed by atoms with Crippen LogP contribution in [0.15, 0.2) is 63.9 Å². The molecule has 0 aliphatic heterocycles. The molecule has 2 aromatic carbocycles. The van der Waals surface area contributed by atoms with Crippen molar-refractivity contribution in [3.63, 3.8) is 0 Å². The van der Waals surface area contributed by atoms with Gasteiger partial charge in [-0.2, -0.15) is 0 Å². The molecule has 0 unspecified atom stereocenters. The van der Waals surface area contributed by atoms with Crippen LogP contribution in [0.1, 0.15) is 12.5 Å². The Morgan fingerprint density at radius 1 is 1.04 bits per heavy atom. The first kappa shape index (κ1) is 17.8. The second kappa shape index (κ2) is 7.49. The first-order valence-corrected chi connectivity index (χ1v) is 9.63. The fourth-order valence-electron chi connectivity index (χ4n) is 2.30. The van der Waals surface area contributed by atoms with Gasteiger partial charge in [-0.05, 0) is 29.8 Å². The lowest BCUT2D eigenvalue weighted by atomic mass is 10.1. The molecule has 0 saturated carbocycles. The molecular formula is C18H17N3O4S. The summed E-state index contributed by atoms with van der Waals surface area (Å²) < 4.78 is 29.0. The SMILES string of the molecule is CCS(=O)(=O)c1ccc(CC(=O)Nc2nnc(-c3ccccc3)o2)cc1. The number of nitrogens with zero attached hydrogens (tertiary/aromatic N) is 2. The van der Waals surface area contributed by atoms with Crippen LogP contribution < -0.4 is 5.32 Å². The molecule has 0 fully saturated rings. The Labute approximate surface area is 151 Å². The number of sulfone groups is 1. The minimum absolute atomic E-state index is 0.0130. The van der Waals surface area contributed by atoms with Gasteiger partial charge in [0.1, 0.15) is 0 Å². The Balaban J connectivity index is 1.64. The van der Waals surface area contributed by atoms with Crippen LogP contribution in [-0.4, -0.2) is 30.3 Å². The standard InChI is InChI=1S/C18H17N3O4S/c1-2-26(23,24)15-10-8-13(9-11-15)12-16(22)19-18-21-20-17(25-18)14-6-4-3-5-7-14/h3-11H,2,12H2,1H3,(H,19,21,22). The summed E-state index contributed by atoms with van der Waals surface area (Å²) in [7, 11) is -3.25. The molecule has 0 radical (unpaired) electrons. The van der Waals surface area contributed by atoms with Gasteiger partial charge in [0.15, 0.2) is 9.84 Å². The van der Waals surface area contributed by atoms with Gasteiger partial charge in [-0.15, -0.1) is 5.10 Å². The highest BCUT2D eigenvalue weighted by Crippen LogP contribution is 2.19. The number of hydrogen-bond acceptors (Lipinski definition) is 6. The maximum Gasteiger partial charge on any atom is 0.322 e. The summed E-state index contributed by atoms with van der Waals surface area (Å²) >= 11 is 0. The fourth-order valence-corrected chi connectivity index (χ4v) is 3.19. The number of aromatic nitrogens is 2. The van der Waals surface area contributed by atoms with Gasteiger partial charge in [0.05, 0.1) is 17.1 Å². The van der Waals surface area contributed by atoms with Gasteiger partial charge in [0, 0.05) is 5.56 Å². The molecule has 0 aliphatic carbocycles. The van der Waals surface area contributed by atoms with Crippen molar-refractivity contribution >= 4 is 21.8 Å². The molecule has 1 amide bonds. The van der Waals surface area contributed by atoms with E-state index in [0.717, 1.165) is 5.56 Å². The first-order chi connectivity index (χ1) is 12.5. The van der Waals surface area contributed by atoms with E-state index in [0.29, 0.717) is 11.5 Å². The molecule has 3 rings (SSSR count). The number of nitrogens with one attached hydrogen (secondary N) is 1. The molecule has 0 aliphatic rings. The number of benzene rings is 2. The number of rotatable bonds is 6. The highest BCUT2D eigenvalue weighted by atomic mass is 32.2. The van der Waals surface area contributed by atoms with Crippen LogP contribution in [0.4, 0.5) is 6.01 Å². The van der Waals surface area contributed by atoms with E-state index >= 15 is 0 Å². The van der Waals surface area contributed by atoms with Gasteiger partial charge < -0.3 is 4.42 Å². The molecule has 26 heavy (non-hydrogen) atoms. The average Bonchev–Trinajstić information content (AvgIpc) is 3.11. The zero-order chi connectivity index (χ0) is 18.6. The van der Waals surface area contributed by atoms with Crippen molar-refractivity contribution in [3.05, 3.63) is 60.2 Å². The minimum atomic E-state index is -3.25. The monoisotopic (exact) mass is 371 g/mol. The van der Waals surface area contributed by atoms with E-state index in [2.05, 4.69) is 15.5 Å². The Hall–Kier alpha value is -3.00. The normalized spacial score (nSPS) is 11.3. The summed E-state index contributed by atoms with van der Waals surface area (Å²) in [6, 6.07) is 15.5. The third kappa shape index (κ3) is 4.15. The van der Waals surface area contributed by atoms with Crippen molar-refractivity contribution in [2.45, 2.75) is 18.2 Å². The Morgan fingerprint density at radius 3 is 2.38 bits per heavy atom. The topological polar surface area (TPSA) is 102 Å². The largest absolute Gasteiger partial charge is 0.403 e. The summed E-state index contributed by atoms with van der Waals surface area (Å²) in [6.07, 6.45) is 0.0650. The molecule has 1 N–H and O–H groups in total. The fraction of sp³-hybridized carbons (Fsp3) is 0.167. The highest BCUT2D eigenvalue weighted by Gasteiger charge is 2.13. The molecule has 1 heterocycles. The zero-order valence-electron chi connectivity index (χ0n) is 14.0. The van der Waals surface area contributed by atoms with Crippen molar-refractivity contribution in [3.8, 4) is 11.5 Å². The van der Waals surface area contributed by atoms with Gasteiger partial charge in [0.25, 0.3) is 0 Å². The molecule has 1 aromatic heterocycles. The lowest BCUT2D eigenvalue weighted by molar-refractivity contribution is -0.115. The van der Waals surface area contributed by atoms with Crippen LogP contribution in [0.2, 0.25) is 0 Å². The van der Waals surface area contributed by atoms with E-state index in [4.69, 9.17) is 4.42 Å². The molecule has 0 saturated heterocycles. The van der Waals surface area contributed by atoms with Gasteiger partial charge >= 0.3 is 6.01 Å². The molecule has 0 spiro atoms. The second-order valence-corrected chi connectivity index (χ2v) is 7.83. The zero-order valence-corrected chi connectivity index (χ0v) is 14.9. The Bertz CT molecular complexity index is 996. The average molecular weight is 371 g/mol. The van der Waals surface area contributed by atoms with Crippen molar-refractivity contribution in [2.24, 2.45) is 0 Å². The van der Waals surface area contributed by atoms with Gasteiger partial charge in [-0.25, -0.2) is 8.42 Å². The summed E-state index contributed by atoms with van der Waals surface area (Å²) in [5.41, 5.74) is 1.44. The van der Waals surface area contributed by atoms with E-state index in [1.165, 1.54) is 12.1 Å². The predicted octanol–water partition coefficient (Wildman–Crippen LogP) is 2.71. The minimum Gasteiger partial charge on any atom is -0.403 e. The number of anilines is 1. The molecule has 3 aromatic rings. The van der Waals surface area contributed by atoms with Crippen molar-refractivity contribution in [1.82, 2.24) is 10.2 Å². The Morgan fingerprint density at radius 2 is 1.73 bits per heavy atom. The number of amides is 1. The summed E-state index contributed by atoms with van der Waals surface area (Å²) in [5, 5.41) is 10.2. The highest BCUT2D eigenvalue weighted by molar-refractivity contribution is 7.91. The van der Waals surface area contributed by atoms with Crippen LogP contribution in [-0.2, 0) is 21.1 Å². The number of carbonyl (C=O) groups excluding carboxylic acids is 1. The van der Waals surface area contributed by atoms with Crippen LogP contribution in [0.25, 0.3) is 11.5 Å². The van der Waals surface area contributed by atoms with Crippen molar-refractivity contribution in [2.75, 3.05) is 11.1 Å². The van der Waals surface area contributed by atoms with E-state index in [1.807, 2.05) is 30.3 Å². The molecular weight excluding hydrogens is 354 g/mol. The third-order valence-corrected chi connectivity index (χ3v) is 5.47. The predicted molar refractivity (Wildman–Crippen MR) is 96.2 cm³/mol. The molecule has 8 heteroatoms. The second-order valence-electron chi connectivity index (χ2n) is 5.55. The quantitative estimate of drug-likeness (QED) is 0.715. The summed E-state index contributed by atoms with van der Waals surface area (Å²) in [5.74, 6) is 0.0164. The van der Waals surface area contributed by atoms with E-state index in [9.17, 15) is 13.2 Å². The molecule has 0 bridgehead atoms. The molecule has 0 atom stereocenters. The van der Waals surface area contributed by atoms with Crippen LogP contribution in [0, 0.1) is 0 Å². The number of carbonyl (C=O) groups is 1. The van der Waals surface area contributed by atoms with Gasteiger partial charge in [-0.3, -0.25) is 10.1 Å². The Kier molecular flexibility index (Phi) is 5.13. The van der Waals surface area contributed by atoms with E-state index in [-0.39, 0.29) is 29.0 Å². The van der Waals surface area contributed by atoms with Crippen LogP contribution in [0.3, 0.4) is 0 Å². The lowest BCUT2D eigenvalue weighted by Crippen LogP contribution is -2.14. The van der Waals surface area contributed by atoms with Gasteiger partial charge in [-0.1, -0.05) is 42.4 Å². The number of hydrogen-bond donors (Lipinski definition) is 1. The van der Waals surface area contributed by atoms with Crippen molar-refractivity contribution < 1.29 is 17.6 Å². The van der Waals surface area contributed by atoms with E-state index < -0.39 is 9.84 Å². The molecule has 134 valence electrons. The van der Waals surface area contributed by atoms with Crippen LogP contribution >= 0.6 is 0 Å². The summed E-state index contributed by atoms with van der Waals surface area (Å²) in [4.78, 5) is 12.4. The lowest BCUT2D eigenvalue weighted by Gasteiger charge is -2.04. The van der Waals surface area contributed by atoms with E-state index in [1.54, 1.807) is 19.1 Å². The first-order valence-electron chi connectivity index (χ1n) is 7.98. The molecule has 7 nitrogen and oxygen atoms in total. The summed E-state index contributed by atoms with van der Waals surface area (Å²) in [6.45, 7) is 1.59. The van der Waals surface area contributed by atoms with Crippen molar-refractivity contribution in [1.29, 1.82) is 0 Å². The maximum absolute atomic E-state index is 12.1. The maximum atomic E-state index is 12.1. The van der Waals surface area contributed by atoms with Gasteiger partial charge in [0.2, 0.25) is 11.8 Å². The smallest absolute Gasteiger partial charge is 0.322 e. The third-order valence-electron chi connectivity index (χ3n) is 3.72. The van der Waals surface area contributed by atoms with Crippen LogP contribution in [0.5, 0.6) is 0 Å².